The molecule has 0 amide bonds. The summed E-state index contributed by atoms with van der Waals surface area (Å²) < 4.78 is 17.2. The van der Waals surface area contributed by atoms with E-state index >= 15 is 0 Å². The summed E-state index contributed by atoms with van der Waals surface area (Å²) in [5.41, 5.74) is 5.15. The topological polar surface area (TPSA) is 138 Å². The van der Waals surface area contributed by atoms with Crippen molar-refractivity contribution in [1.82, 2.24) is 24.6 Å². The normalized spacial score (nSPS) is 12.1. The van der Waals surface area contributed by atoms with E-state index in [1.165, 1.54) is 0 Å². The Hall–Kier alpha value is -2.78. The lowest BCUT2D eigenvalue weighted by atomic mass is 10.2. The second-order valence-corrected chi connectivity index (χ2v) is 7.57. The lowest BCUT2D eigenvalue weighted by Gasteiger charge is -2.12. The van der Waals surface area contributed by atoms with Gasteiger partial charge in [-0.1, -0.05) is 6.07 Å². The van der Waals surface area contributed by atoms with Crippen LogP contribution < -0.4 is 5.32 Å². The molecular formula is C17H19N6O4P. The average Bonchev–Trinajstić information content (AvgIpc) is 3.29. The predicted octanol–water partition coefficient (Wildman–Crippen LogP) is 2.49. The van der Waals surface area contributed by atoms with Gasteiger partial charge in [-0.2, -0.15) is 5.10 Å². The van der Waals surface area contributed by atoms with Crippen molar-refractivity contribution in [3.63, 3.8) is 0 Å². The van der Waals surface area contributed by atoms with Gasteiger partial charge in [0.2, 0.25) is 0 Å². The van der Waals surface area contributed by atoms with Crippen molar-refractivity contribution in [2.75, 3.05) is 18.5 Å². The molecule has 0 aliphatic heterocycles. The van der Waals surface area contributed by atoms with Gasteiger partial charge in [0, 0.05) is 12.7 Å². The Morgan fingerprint density at radius 2 is 2.18 bits per heavy atom. The number of phosphoric ester groups is 1. The lowest BCUT2D eigenvalue weighted by Crippen LogP contribution is -2.09. The monoisotopic (exact) mass is 402 g/mol. The number of nitrogens with zero attached hydrogens (tertiary/aromatic N) is 4. The molecule has 11 heteroatoms. The Morgan fingerprint density at radius 1 is 1.32 bits per heavy atom. The Labute approximate surface area is 159 Å². The van der Waals surface area contributed by atoms with Crippen LogP contribution in [0.3, 0.4) is 0 Å². The number of hydrogen-bond donors (Lipinski definition) is 4. The Balaban J connectivity index is 1.71. The first-order valence-corrected chi connectivity index (χ1v) is 10.2. The molecule has 4 aromatic rings. The molecule has 0 radical (unpaired) electrons. The van der Waals surface area contributed by atoms with Crippen LogP contribution in [0, 0.1) is 6.92 Å². The lowest BCUT2D eigenvalue weighted by molar-refractivity contribution is 0.196. The number of rotatable bonds is 7. The zero-order valence-corrected chi connectivity index (χ0v) is 15.9. The maximum Gasteiger partial charge on any atom is 0.469 e. The molecule has 0 aliphatic rings. The van der Waals surface area contributed by atoms with Crippen LogP contribution in [0.1, 0.15) is 12.0 Å². The first kappa shape index (κ1) is 18.6. The van der Waals surface area contributed by atoms with E-state index in [-0.39, 0.29) is 6.61 Å². The van der Waals surface area contributed by atoms with Gasteiger partial charge >= 0.3 is 7.82 Å². The molecule has 0 saturated heterocycles. The molecule has 0 fully saturated rings. The van der Waals surface area contributed by atoms with Crippen molar-refractivity contribution >= 4 is 30.3 Å². The summed E-state index contributed by atoms with van der Waals surface area (Å²) in [6.45, 7) is 2.36. The summed E-state index contributed by atoms with van der Waals surface area (Å²) in [6, 6.07) is 7.89. The molecule has 0 spiro atoms. The summed E-state index contributed by atoms with van der Waals surface area (Å²) in [4.78, 5) is 26.7. The third kappa shape index (κ3) is 3.76. The van der Waals surface area contributed by atoms with Gasteiger partial charge < -0.3 is 15.1 Å². The molecule has 0 aliphatic carbocycles. The molecule has 28 heavy (non-hydrogen) atoms. The van der Waals surface area contributed by atoms with Gasteiger partial charge in [0.05, 0.1) is 35.2 Å². The van der Waals surface area contributed by atoms with Crippen LogP contribution in [0.25, 0.3) is 28.1 Å². The average molecular weight is 402 g/mol. The maximum absolute atomic E-state index is 10.8. The number of imidazole rings is 1. The Bertz CT molecular complexity index is 1170. The van der Waals surface area contributed by atoms with Crippen LogP contribution in [0.5, 0.6) is 0 Å². The van der Waals surface area contributed by atoms with Gasteiger partial charge in [-0.15, -0.1) is 0 Å². The first-order chi connectivity index (χ1) is 13.4. The predicted molar refractivity (Wildman–Crippen MR) is 104 cm³/mol. The standard InChI is InChI=1S/C17H19N6O4P/c1-11-3-4-14-13(9-11)21-16(18-6-2-8-27-28(24,25)26)17-19-10-15(23(14)17)12-5-7-20-22-12/h3-5,7,9-10H,2,6,8H2,1H3,(H,18,21)(H,20,22)(H2,24,25,26). The number of nitrogens with one attached hydrogen (secondary N) is 2. The van der Waals surface area contributed by atoms with E-state index in [1.807, 2.05) is 35.6 Å². The van der Waals surface area contributed by atoms with Crippen molar-refractivity contribution in [3.8, 4) is 11.4 Å². The molecule has 0 atom stereocenters. The van der Waals surface area contributed by atoms with E-state index in [9.17, 15) is 4.57 Å². The van der Waals surface area contributed by atoms with Crippen molar-refractivity contribution in [2.24, 2.45) is 0 Å². The molecule has 3 aromatic heterocycles. The number of aromatic amines is 1. The smallest absolute Gasteiger partial charge is 0.367 e. The van der Waals surface area contributed by atoms with E-state index in [2.05, 4.69) is 25.0 Å². The van der Waals surface area contributed by atoms with Gasteiger partial charge in [0.25, 0.3) is 0 Å². The van der Waals surface area contributed by atoms with Gasteiger partial charge in [0.1, 0.15) is 0 Å². The molecule has 4 N–H and O–H groups in total. The van der Waals surface area contributed by atoms with Crippen molar-refractivity contribution in [2.45, 2.75) is 13.3 Å². The van der Waals surface area contributed by atoms with Crippen LogP contribution in [0.15, 0.2) is 36.7 Å². The minimum atomic E-state index is -4.45. The highest BCUT2D eigenvalue weighted by Gasteiger charge is 2.16. The van der Waals surface area contributed by atoms with Crippen LogP contribution in [-0.4, -0.2) is 47.5 Å². The molecule has 1 aromatic carbocycles. The fourth-order valence-corrected chi connectivity index (χ4v) is 3.38. The summed E-state index contributed by atoms with van der Waals surface area (Å²) in [5.74, 6) is 0.583. The second-order valence-electron chi connectivity index (χ2n) is 6.33. The number of hydrogen-bond acceptors (Lipinski definition) is 6. The van der Waals surface area contributed by atoms with Crippen LogP contribution in [0.2, 0.25) is 0 Å². The number of benzene rings is 1. The molecule has 0 saturated carbocycles. The SMILES string of the molecule is Cc1ccc2c(c1)nc(NCCCOP(=O)(O)O)c1ncc(-c3ccn[nH]3)n12. The quantitative estimate of drug-likeness (QED) is 0.273. The summed E-state index contributed by atoms with van der Waals surface area (Å²) >= 11 is 0. The van der Waals surface area contributed by atoms with Gasteiger partial charge in [-0.25, -0.2) is 14.5 Å². The number of anilines is 1. The number of aromatic nitrogens is 5. The summed E-state index contributed by atoms with van der Waals surface area (Å²) in [6.07, 6.45) is 3.84. The van der Waals surface area contributed by atoms with Gasteiger partial charge in [0.15, 0.2) is 11.5 Å². The third-order valence-corrected chi connectivity index (χ3v) is 4.75. The Morgan fingerprint density at radius 3 is 2.93 bits per heavy atom. The minimum absolute atomic E-state index is 0.0614. The van der Waals surface area contributed by atoms with E-state index in [0.29, 0.717) is 24.4 Å². The van der Waals surface area contributed by atoms with E-state index < -0.39 is 7.82 Å². The molecule has 0 unspecified atom stereocenters. The fourth-order valence-electron chi connectivity index (χ4n) is 3.01. The largest absolute Gasteiger partial charge is 0.469 e. The second kappa shape index (κ2) is 7.33. The molecule has 146 valence electrons. The van der Waals surface area contributed by atoms with Crippen molar-refractivity contribution in [3.05, 3.63) is 42.2 Å². The highest BCUT2D eigenvalue weighted by Crippen LogP contribution is 2.35. The van der Waals surface area contributed by atoms with E-state index in [0.717, 1.165) is 28.0 Å². The number of H-pyrrole nitrogens is 1. The minimum Gasteiger partial charge on any atom is -0.367 e. The van der Waals surface area contributed by atoms with Crippen LogP contribution >= 0.6 is 7.82 Å². The van der Waals surface area contributed by atoms with E-state index in [4.69, 9.17) is 14.8 Å². The number of fused-ring (bicyclic) bond motifs is 3. The Kier molecular flexibility index (Phi) is 4.86. The fraction of sp³-hybridized carbons (Fsp3) is 0.235. The zero-order valence-electron chi connectivity index (χ0n) is 15.0. The summed E-state index contributed by atoms with van der Waals surface area (Å²) in [7, 11) is -4.45. The van der Waals surface area contributed by atoms with Gasteiger partial charge in [-0.3, -0.25) is 14.0 Å². The van der Waals surface area contributed by atoms with Gasteiger partial charge in [-0.05, 0) is 37.1 Å². The first-order valence-electron chi connectivity index (χ1n) is 8.64. The van der Waals surface area contributed by atoms with Crippen LogP contribution in [-0.2, 0) is 9.09 Å². The van der Waals surface area contributed by atoms with Crippen molar-refractivity contribution < 1.29 is 18.9 Å². The molecule has 4 rings (SSSR count). The third-order valence-electron chi connectivity index (χ3n) is 4.23. The number of aryl methyl sites for hydroxylation is 1. The van der Waals surface area contributed by atoms with Crippen LogP contribution in [0.4, 0.5) is 5.82 Å². The summed E-state index contributed by atoms with van der Waals surface area (Å²) in [5, 5.41) is 10.2. The van der Waals surface area contributed by atoms with E-state index in [1.54, 1.807) is 12.4 Å². The number of phosphoric acid groups is 1. The zero-order chi connectivity index (χ0) is 19.7. The molecule has 3 heterocycles. The highest BCUT2D eigenvalue weighted by atomic mass is 31.2. The maximum atomic E-state index is 10.8. The highest BCUT2D eigenvalue weighted by molar-refractivity contribution is 7.46. The molecule has 0 bridgehead atoms. The van der Waals surface area contributed by atoms with Crippen molar-refractivity contribution in [1.29, 1.82) is 0 Å². The molecular weight excluding hydrogens is 383 g/mol. The molecule has 10 nitrogen and oxygen atoms in total.